The molecule has 0 radical (unpaired) electrons. The number of benzene rings is 3. The summed E-state index contributed by atoms with van der Waals surface area (Å²) in [5.74, 6) is 2.03. The number of carbonyl (C=O) groups excluding carboxylic acids is 2. The molecular formula is C30H35N3O6. The van der Waals surface area contributed by atoms with Gasteiger partial charge in [-0.1, -0.05) is 6.07 Å². The minimum atomic E-state index is -0.416. The van der Waals surface area contributed by atoms with Crippen molar-refractivity contribution in [2.75, 3.05) is 58.2 Å². The summed E-state index contributed by atoms with van der Waals surface area (Å²) in [7, 11) is 4.58. The van der Waals surface area contributed by atoms with Gasteiger partial charge in [-0.05, 0) is 80.9 Å². The van der Waals surface area contributed by atoms with Crippen LogP contribution in [0.1, 0.15) is 30.1 Å². The molecule has 39 heavy (non-hydrogen) atoms. The van der Waals surface area contributed by atoms with Crippen LogP contribution in [-0.2, 0) is 0 Å². The number of carbonyl (C=O) groups is 2. The number of ether oxygens (including phenoxy) is 4. The van der Waals surface area contributed by atoms with E-state index in [-0.39, 0.29) is 5.78 Å². The standard InChI is InChI=1S/C30H35N3O6/c1-20(34)25-12-7-21(17-27(25)36-2)26-18-23(19-28(37-3)29(26)38-4)32-30(35)31-22-8-10-24(11-9-22)39-16-15-33-13-5-6-14-33/h7-12,17-19H,5-6,13-16H2,1-4H3,(H2,31,32,35). The number of likely N-dealkylation sites (tertiary alicyclic amines) is 1. The van der Waals surface area contributed by atoms with Gasteiger partial charge in [-0.15, -0.1) is 0 Å². The van der Waals surface area contributed by atoms with Crippen molar-refractivity contribution in [2.45, 2.75) is 19.8 Å². The van der Waals surface area contributed by atoms with Gasteiger partial charge in [0, 0.05) is 29.5 Å². The Morgan fingerprint density at radius 3 is 2.15 bits per heavy atom. The van der Waals surface area contributed by atoms with E-state index in [4.69, 9.17) is 18.9 Å². The van der Waals surface area contributed by atoms with Crippen molar-refractivity contribution in [1.82, 2.24) is 4.90 Å². The molecular weight excluding hydrogens is 498 g/mol. The zero-order valence-electron chi connectivity index (χ0n) is 22.8. The van der Waals surface area contributed by atoms with Crippen LogP contribution in [0.3, 0.4) is 0 Å². The molecule has 3 aromatic carbocycles. The highest BCUT2D eigenvalue weighted by Gasteiger charge is 2.18. The maximum atomic E-state index is 12.8. The van der Waals surface area contributed by atoms with E-state index in [2.05, 4.69) is 15.5 Å². The molecule has 206 valence electrons. The van der Waals surface area contributed by atoms with Gasteiger partial charge in [-0.25, -0.2) is 4.79 Å². The summed E-state index contributed by atoms with van der Waals surface area (Å²) in [6.45, 7) is 5.33. The number of nitrogens with zero attached hydrogens (tertiary/aromatic N) is 1. The van der Waals surface area contributed by atoms with E-state index < -0.39 is 6.03 Å². The summed E-state index contributed by atoms with van der Waals surface area (Å²) in [4.78, 5) is 27.2. The Balaban J connectivity index is 1.46. The largest absolute Gasteiger partial charge is 0.496 e. The fourth-order valence-corrected chi connectivity index (χ4v) is 4.63. The van der Waals surface area contributed by atoms with Crippen molar-refractivity contribution in [2.24, 2.45) is 0 Å². The number of hydrogen-bond donors (Lipinski definition) is 2. The summed E-state index contributed by atoms with van der Waals surface area (Å²) in [6.07, 6.45) is 2.52. The Kier molecular flexibility index (Phi) is 9.27. The molecule has 1 aliphatic heterocycles. The van der Waals surface area contributed by atoms with Crippen molar-refractivity contribution in [3.05, 3.63) is 60.2 Å². The van der Waals surface area contributed by atoms with Crippen molar-refractivity contribution >= 4 is 23.2 Å². The summed E-state index contributed by atoms with van der Waals surface area (Å²) in [6, 6.07) is 15.6. The number of anilines is 2. The first-order chi connectivity index (χ1) is 18.9. The van der Waals surface area contributed by atoms with Gasteiger partial charge in [-0.2, -0.15) is 0 Å². The number of methoxy groups -OCH3 is 3. The molecule has 0 aromatic heterocycles. The third kappa shape index (κ3) is 7.00. The predicted octanol–water partition coefficient (Wildman–Crippen LogP) is 5.70. The maximum absolute atomic E-state index is 12.8. The van der Waals surface area contributed by atoms with E-state index in [1.807, 2.05) is 12.1 Å². The quantitative estimate of drug-likeness (QED) is 0.305. The number of Topliss-reactive ketones (excluding diaryl/α,β-unsaturated/α-hetero) is 1. The van der Waals surface area contributed by atoms with Crippen molar-refractivity contribution < 1.29 is 28.5 Å². The average Bonchev–Trinajstić information content (AvgIpc) is 3.46. The van der Waals surface area contributed by atoms with Gasteiger partial charge in [0.05, 0.1) is 26.9 Å². The molecule has 3 aromatic rings. The molecule has 4 rings (SSSR count). The van der Waals surface area contributed by atoms with Crippen molar-refractivity contribution in [3.63, 3.8) is 0 Å². The highest BCUT2D eigenvalue weighted by atomic mass is 16.5. The molecule has 0 bridgehead atoms. The second-order valence-corrected chi connectivity index (χ2v) is 9.23. The summed E-state index contributed by atoms with van der Waals surface area (Å²) >= 11 is 0. The van der Waals surface area contributed by atoms with E-state index in [1.54, 1.807) is 49.6 Å². The topological polar surface area (TPSA) is 98.4 Å². The van der Waals surface area contributed by atoms with Gasteiger partial charge >= 0.3 is 6.03 Å². The minimum absolute atomic E-state index is 0.100. The van der Waals surface area contributed by atoms with Crippen LogP contribution in [0.15, 0.2) is 54.6 Å². The van der Waals surface area contributed by atoms with E-state index >= 15 is 0 Å². The molecule has 1 fully saturated rings. The summed E-state index contributed by atoms with van der Waals surface area (Å²) in [5.41, 5.74) is 3.00. The van der Waals surface area contributed by atoms with E-state index in [1.165, 1.54) is 34.0 Å². The first-order valence-corrected chi connectivity index (χ1v) is 12.9. The van der Waals surface area contributed by atoms with Gasteiger partial charge in [0.25, 0.3) is 0 Å². The highest BCUT2D eigenvalue weighted by molar-refractivity contribution is 6.01. The van der Waals surface area contributed by atoms with Crippen LogP contribution in [0.5, 0.6) is 23.0 Å². The second-order valence-electron chi connectivity index (χ2n) is 9.23. The number of ketones is 1. The number of amides is 2. The molecule has 0 atom stereocenters. The molecule has 2 amide bonds. The zero-order chi connectivity index (χ0) is 27.8. The molecule has 0 unspecified atom stereocenters. The lowest BCUT2D eigenvalue weighted by Gasteiger charge is -2.17. The Labute approximate surface area is 229 Å². The van der Waals surface area contributed by atoms with Crippen molar-refractivity contribution in [1.29, 1.82) is 0 Å². The van der Waals surface area contributed by atoms with Crippen LogP contribution in [0.2, 0.25) is 0 Å². The molecule has 0 aliphatic carbocycles. The fourth-order valence-electron chi connectivity index (χ4n) is 4.63. The molecule has 2 N–H and O–H groups in total. The minimum Gasteiger partial charge on any atom is -0.496 e. The lowest BCUT2D eigenvalue weighted by Crippen LogP contribution is -2.25. The SMILES string of the molecule is COc1cc(-c2cc(NC(=O)Nc3ccc(OCCN4CCCC4)cc3)cc(OC)c2OC)ccc1C(C)=O. The smallest absolute Gasteiger partial charge is 0.323 e. The third-order valence-electron chi connectivity index (χ3n) is 6.62. The van der Waals surface area contributed by atoms with E-state index in [9.17, 15) is 9.59 Å². The molecule has 9 heteroatoms. The number of hydrogen-bond acceptors (Lipinski definition) is 7. The average molecular weight is 534 g/mol. The Bertz CT molecular complexity index is 1300. The molecule has 1 saturated heterocycles. The highest BCUT2D eigenvalue weighted by Crippen LogP contribution is 2.42. The second kappa shape index (κ2) is 13.0. The van der Waals surface area contributed by atoms with Crippen LogP contribution in [0, 0.1) is 0 Å². The maximum Gasteiger partial charge on any atom is 0.323 e. The molecule has 0 spiro atoms. The Morgan fingerprint density at radius 1 is 0.821 bits per heavy atom. The summed E-state index contributed by atoms with van der Waals surface area (Å²) in [5, 5.41) is 5.70. The lowest BCUT2D eigenvalue weighted by molar-refractivity contribution is 0.101. The normalized spacial score (nSPS) is 13.0. The van der Waals surface area contributed by atoms with Crippen LogP contribution in [0.25, 0.3) is 11.1 Å². The Hall–Kier alpha value is -4.24. The summed E-state index contributed by atoms with van der Waals surface area (Å²) < 4.78 is 22.4. The van der Waals surface area contributed by atoms with Gasteiger partial charge in [0.15, 0.2) is 17.3 Å². The first kappa shape index (κ1) is 27.8. The van der Waals surface area contributed by atoms with Crippen LogP contribution < -0.4 is 29.6 Å². The number of rotatable bonds is 11. The fraction of sp³-hybridized carbons (Fsp3) is 0.333. The van der Waals surface area contributed by atoms with Crippen LogP contribution >= 0.6 is 0 Å². The van der Waals surface area contributed by atoms with Gasteiger partial charge in [0.2, 0.25) is 0 Å². The van der Waals surface area contributed by atoms with Gasteiger partial charge in [-0.3, -0.25) is 9.69 Å². The monoisotopic (exact) mass is 533 g/mol. The Morgan fingerprint density at radius 2 is 1.51 bits per heavy atom. The van der Waals surface area contributed by atoms with Crippen molar-refractivity contribution in [3.8, 4) is 34.1 Å². The third-order valence-corrected chi connectivity index (χ3v) is 6.62. The number of nitrogens with one attached hydrogen (secondary N) is 2. The van der Waals surface area contributed by atoms with E-state index in [0.717, 1.165) is 30.9 Å². The molecule has 0 saturated carbocycles. The van der Waals surface area contributed by atoms with Gasteiger partial charge < -0.3 is 29.6 Å². The lowest BCUT2D eigenvalue weighted by atomic mass is 9.99. The first-order valence-electron chi connectivity index (χ1n) is 12.9. The van der Waals surface area contributed by atoms with Crippen LogP contribution in [0.4, 0.5) is 16.2 Å². The van der Waals surface area contributed by atoms with E-state index in [0.29, 0.717) is 46.4 Å². The predicted molar refractivity (Wildman–Crippen MR) is 152 cm³/mol. The molecule has 1 heterocycles. The van der Waals surface area contributed by atoms with Crippen LogP contribution in [-0.4, -0.2) is 64.3 Å². The molecule has 9 nitrogen and oxygen atoms in total. The zero-order valence-corrected chi connectivity index (χ0v) is 22.8. The molecule has 1 aliphatic rings. The van der Waals surface area contributed by atoms with Gasteiger partial charge in [0.1, 0.15) is 18.1 Å². The number of urea groups is 1.